The minimum absolute atomic E-state index is 0.397. The largest absolute Gasteiger partial charge is 0.375 e. The van der Waals surface area contributed by atoms with Gasteiger partial charge in [-0.2, -0.15) is 5.26 Å². The van der Waals surface area contributed by atoms with E-state index in [1.54, 1.807) is 0 Å². The Hall–Kier alpha value is -0.590. The molecule has 1 N–H and O–H groups in total. The molecule has 3 heteroatoms. The van der Waals surface area contributed by atoms with Gasteiger partial charge in [-0.1, -0.05) is 6.92 Å². The summed E-state index contributed by atoms with van der Waals surface area (Å²) in [5.41, 5.74) is -0.397. The molecule has 2 rings (SSSR count). The number of ether oxygens (including phenoxy) is 1. The van der Waals surface area contributed by atoms with Gasteiger partial charge >= 0.3 is 0 Å². The molecule has 2 saturated carbocycles. The van der Waals surface area contributed by atoms with E-state index in [0.29, 0.717) is 18.6 Å². The number of nitrogens with one attached hydrogen (secondary N) is 1. The van der Waals surface area contributed by atoms with Gasteiger partial charge < -0.3 is 4.74 Å². The summed E-state index contributed by atoms with van der Waals surface area (Å²) in [4.78, 5) is 0. The van der Waals surface area contributed by atoms with Crippen molar-refractivity contribution in [2.75, 3.05) is 13.2 Å². The van der Waals surface area contributed by atoms with Gasteiger partial charge in [-0.15, -0.1) is 0 Å². The molecule has 0 aromatic carbocycles. The van der Waals surface area contributed by atoms with Crippen molar-refractivity contribution in [2.45, 2.75) is 57.1 Å². The van der Waals surface area contributed by atoms with Crippen LogP contribution in [0.25, 0.3) is 0 Å². The number of nitrogens with zero attached hydrogens (tertiary/aromatic N) is 1. The fourth-order valence-electron chi connectivity index (χ4n) is 2.19. The Labute approximate surface area is 98.2 Å². The summed E-state index contributed by atoms with van der Waals surface area (Å²) in [6, 6.07) is 2.48. The molecule has 2 aliphatic rings. The SMILES string of the molecule is CCCNC(C#N)(COC1CCC1)C1CC1. The Balaban J connectivity index is 1.86. The van der Waals surface area contributed by atoms with Crippen LogP contribution in [0.3, 0.4) is 0 Å². The molecule has 0 saturated heterocycles. The summed E-state index contributed by atoms with van der Waals surface area (Å²) in [5, 5.41) is 12.8. The highest BCUT2D eigenvalue weighted by atomic mass is 16.5. The molecule has 2 fully saturated rings. The third kappa shape index (κ3) is 2.56. The normalized spacial score (nSPS) is 24.5. The molecule has 0 amide bonds. The molecule has 90 valence electrons. The van der Waals surface area contributed by atoms with E-state index >= 15 is 0 Å². The van der Waals surface area contributed by atoms with E-state index in [1.807, 2.05) is 0 Å². The molecule has 0 radical (unpaired) electrons. The van der Waals surface area contributed by atoms with Crippen molar-refractivity contribution in [3.8, 4) is 6.07 Å². The van der Waals surface area contributed by atoms with E-state index in [0.717, 1.165) is 13.0 Å². The molecule has 0 aromatic rings. The maximum atomic E-state index is 9.42. The summed E-state index contributed by atoms with van der Waals surface area (Å²) in [6.45, 7) is 3.63. The second kappa shape index (κ2) is 5.16. The van der Waals surface area contributed by atoms with Crippen LogP contribution >= 0.6 is 0 Å². The second-order valence-corrected chi connectivity index (χ2v) is 5.15. The van der Waals surface area contributed by atoms with Crippen molar-refractivity contribution in [1.29, 1.82) is 5.26 Å². The van der Waals surface area contributed by atoms with Gasteiger partial charge in [-0.05, 0) is 51.0 Å². The van der Waals surface area contributed by atoms with Crippen LogP contribution in [0, 0.1) is 17.2 Å². The highest BCUT2D eigenvalue weighted by Gasteiger charge is 2.46. The quantitative estimate of drug-likeness (QED) is 0.718. The molecule has 1 atom stereocenters. The maximum Gasteiger partial charge on any atom is 0.133 e. The zero-order valence-corrected chi connectivity index (χ0v) is 10.2. The van der Waals surface area contributed by atoms with E-state index in [9.17, 15) is 5.26 Å². The number of rotatable bonds is 7. The summed E-state index contributed by atoms with van der Waals surface area (Å²) in [7, 11) is 0. The Morgan fingerprint density at radius 3 is 2.56 bits per heavy atom. The summed E-state index contributed by atoms with van der Waals surface area (Å²) < 4.78 is 5.85. The smallest absolute Gasteiger partial charge is 0.133 e. The van der Waals surface area contributed by atoms with E-state index in [4.69, 9.17) is 4.74 Å². The Morgan fingerprint density at radius 2 is 2.12 bits per heavy atom. The monoisotopic (exact) mass is 222 g/mol. The van der Waals surface area contributed by atoms with Gasteiger partial charge in [0.25, 0.3) is 0 Å². The fourth-order valence-corrected chi connectivity index (χ4v) is 2.19. The average molecular weight is 222 g/mol. The van der Waals surface area contributed by atoms with Gasteiger partial charge in [0.1, 0.15) is 5.54 Å². The van der Waals surface area contributed by atoms with E-state index in [1.165, 1.54) is 32.1 Å². The van der Waals surface area contributed by atoms with Crippen LogP contribution in [0.4, 0.5) is 0 Å². The molecule has 1 unspecified atom stereocenters. The Kier molecular flexibility index (Phi) is 3.83. The Bertz CT molecular complexity index is 266. The predicted octanol–water partition coefficient (Wildman–Crippen LogP) is 2.23. The minimum Gasteiger partial charge on any atom is -0.375 e. The zero-order valence-electron chi connectivity index (χ0n) is 10.2. The third-order valence-electron chi connectivity index (χ3n) is 3.76. The van der Waals surface area contributed by atoms with Gasteiger partial charge in [0, 0.05) is 0 Å². The van der Waals surface area contributed by atoms with Crippen molar-refractivity contribution < 1.29 is 4.74 Å². The molecule has 0 aliphatic heterocycles. The van der Waals surface area contributed by atoms with Crippen molar-refractivity contribution in [3.63, 3.8) is 0 Å². The highest BCUT2D eigenvalue weighted by Crippen LogP contribution is 2.40. The number of hydrogen-bond acceptors (Lipinski definition) is 3. The lowest BCUT2D eigenvalue weighted by molar-refractivity contribution is -0.0234. The van der Waals surface area contributed by atoms with Gasteiger partial charge in [-0.3, -0.25) is 5.32 Å². The van der Waals surface area contributed by atoms with Crippen LogP contribution < -0.4 is 5.32 Å². The molecule has 0 aromatic heterocycles. The molecular weight excluding hydrogens is 200 g/mol. The van der Waals surface area contributed by atoms with Gasteiger partial charge in [0.2, 0.25) is 0 Å². The molecule has 0 heterocycles. The first-order valence-corrected chi connectivity index (χ1v) is 6.58. The second-order valence-electron chi connectivity index (χ2n) is 5.15. The first kappa shape index (κ1) is 11.9. The standard InChI is InChI=1S/C13H22N2O/c1-2-8-15-13(9-14,11-6-7-11)10-16-12-4-3-5-12/h11-12,15H,2-8,10H2,1H3. The summed E-state index contributed by atoms with van der Waals surface area (Å²) in [5.74, 6) is 0.518. The van der Waals surface area contributed by atoms with Crippen LogP contribution in [0.5, 0.6) is 0 Å². The van der Waals surface area contributed by atoms with Crippen molar-refractivity contribution in [3.05, 3.63) is 0 Å². The summed E-state index contributed by atoms with van der Waals surface area (Å²) in [6.07, 6.45) is 7.50. The maximum absolute atomic E-state index is 9.42. The van der Waals surface area contributed by atoms with Crippen LogP contribution in [-0.4, -0.2) is 24.8 Å². The predicted molar refractivity (Wildman–Crippen MR) is 63.0 cm³/mol. The molecule has 0 spiro atoms. The van der Waals surface area contributed by atoms with Crippen molar-refractivity contribution in [2.24, 2.45) is 5.92 Å². The molecular formula is C13H22N2O. The number of hydrogen-bond donors (Lipinski definition) is 1. The first-order valence-electron chi connectivity index (χ1n) is 6.58. The lowest BCUT2D eigenvalue weighted by Gasteiger charge is -2.33. The van der Waals surface area contributed by atoms with E-state index < -0.39 is 5.54 Å². The van der Waals surface area contributed by atoms with Crippen molar-refractivity contribution >= 4 is 0 Å². The summed E-state index contributed by atoms with van der Waals surface area (Å²) >= 11 is 0. The van der Waals surface area contributed by atoms with E-state index in [2.05, 4.69) is 18.3 Å². The van der Waals surface area contributed by atoms with E-state index in [-0.39, 0.29) is 0 Å². The minimum atomic E-state index is -0.397. The third-order valence-corrected chi connectivity index (χ3v) is 3.76. The van der Waals surface area contributed by atoms with Gasteiger partial charge in [0.05, 0.1) is 18.8 Å². The molecule has 16 heavy (non-hydrogen) atoms. The van der Waals surface area contributed by atoms with Crippen LogP contribution in [0.2, 0.25) is 0 Å². The van der Waals surface area contributed by atoms with Crippen molar-refractivity contribution in [1.82, 2.24) is 5.32 Å². The van der Waals surface area contributed by atoms with Crippen LogP contribution in [-0.2, 0) is 4.74 Å². The van der Waals surface area contributed by atoms with Crippen LogP contribution in [0.15, 0.2) is 0 Å². The fraction of sp³-hybridized carbons (Fsp3) is 0.923. The van der Waals surface area contributed by atoms with Crippen LogP contribution in [0.1, 0.15) is 45.4 Å². The number of nitriles is 1. The molecule has 3 nitrogen and oxygen atoms in total. The lowest BCUT2D eigenvalue weighted by atomic mass is 9.93. The van der Waals surface area contributed by atoms with Gasteiger partial charge in [0.15, 0.2) is 0 Å². The Morgan fingerprint density at radius 1 is 1.38 bits per heavy atom. The first-order chi connectivity index (χ1) is 7.80. The lowest BCUT2D eigenvalue weighted by Crippen LogP contribution is -2.51. The topological polar surface area (TPSA) is 45.0 Å². The zero-order chi connectivity index (χ0) is 11.4. The molecule has 2 aliphatic carbocycles. The highest BCUT2D eigenvalue weighted by molar-refractivity contribution is 5.15. The molecule has 0 bridgehead atoms. The van der Waals surface area contributed by atoms with Gasteiger partial charge in [-0.25, -0.2) is 0 Å². The average Bonchev–Trinajstić information content (AvgIpc) is 3.05.